The summed E-state index contributed by atoms with van der Waals surface area (Å²) in [7, 11) is 0. The van der Waals surface area contributed by atoms with Crippen LogP contribution in [-0.2, 0) is 14.3 Å². The lowest BCUT2D eigenvalue weighted by atomic mass is 9.93. The van der Waals surface area contributed by atoms with Gasteiger partial charge in [-0.05, 0) is 6.08 Å². The van der Waals surface area contributed by atoms with Crippen molar-refractivity contribution in [2.24, 2.45) is 5.92 Å². The number of rotatable bonds is 2. The molecule has 0 fully saturated rings. The SMILES string of the molecule is O=C(CBr)C1C=CC2=C(OCCO2)C1F. The molecule has 15 heavy (non-hydrogen) atoms. The fourth-order valence-electron chi connectivity index (χ4n) is 1.60. The quantitative estimate of drug-likeness (QED) is 0.721. The van der Waals surface area contributed by atoms with Gasteiger partial charge in [0.05, 0.1) is 11.2 Å². The maximum Gasteiger partial charge on any atom is 0.174 e. The highest BCUT2D eigenvalue weighted by Gasteiger charge is 2.36. The molecule has 0 amide bonds. The zero-order chi connectivity index (χ0) is 10.8. The van der Waals surface area contributed by atoms with E-state index in [0.29, 0.717) is 19.0 Å². The van der Waals surface area contributed by atoms with E-state index < -0.39 is 12.1 Å². The van der Waals surface area contributed by atoms with Gasteiger partial charge in [0.1, 0.15) is 13.2 Å². The van der Waals surface area contributed by atoms with Crippen LogP contribution in [0.2, 0.25) is 0 Å². The fourth-order valence-corrected chi connectivity index (χ4v) is 1.98. The average Bonchev–Trinajstić information content (AvgIpc) is 2.29. The van der Waals surface area contributed by atoms with Crippen molar-refractivity contribution in [3.63, 3.8) is 0 Å². The van der Waals surface area contributed by atoms with E-state index in [1.807, 2.05) is 0 Å². The second kappa shape index (κ2) is 4.35. The summed E-state index contributed by atoms with van der Waals surface area (Å²) < 4.78 is 24.3. The minimum Gasteiger partial charge on any atom is -0.487 e. The predicted octanol–water partition coefficient (Wildman–Crippen LogP) is 1.73. The lowest BCUT2D eigenvalue weighted by molar-refractivity contribution is -0.121. The summed E-state index contributed by atoms with van der Waals surface area (Å²) in [5, 5.41) is 0.145. The number of Topliss-reactive ketones (excluding diaryl/α,β-unsaturated/α-hetero) is 1. The Labute approximate surface area is 95.1 Å². The van der Waals surface area contributed by atoms with Crippen LogP contribution in [0, 0.1) is 5.92 Å². The Balaban J connectivity index is 2.21. The van der Waals surface area contributed by atoms with E-state index >= 15 is 0 Å². The summed E-state index contributed by atoms with van der Waals surface area (Å²) in [6.07, 6.45) is 1.72. The smallest absolute Gasteiger partial charge is 0.174 e. The number of alkyl halides is 2. The first-order chi connectivity index (χ1) is 7.24. The minimum atomic E-state index is -1.42. The summed E-state index contributed by atoms with van der Waals surface area (Å²) in [5.74, 6) is -0.389. The molecule has 3 nitrogen and oxygen atoms in total. The highest BCUT2D eigenvalue weighted by Crippen LogP contribution is 2.31. The van der Waals surface area contributed by atoms with E-state index in [2.05, 4.69) is 15.9 Å². The monoisotopic (exact) mass is 276 g/mol. The summed E-state index contributed by atoms with van der Waals surface area (Å²) >= 11 is 3.03. The molecule has 0 saturated carbocycles. The van der Waals surface area contributed by atoms with Crippen LogP contribution in [0.5, 0.6) is 0 Å². The number of hydrogen-bond acceptors (Lipinski definition) is 3. The lowest BCUT2D eigenvalue weighted by Crippen LogP contribution is -2.32. The first-order valence-corrected chi connectivity index (χ1v) is 5.77. The number of allylic oxidation sites excluding steroid dienone is 3. The summed E-state index contributed by atoms with van der Waals surface area (Å²) in [6.45, 7) is 0.759. The number of ketones is 1. The fraction of sp³-hybridized carbons (Fsp3) is 0.500. The van der Waals surface area contributed by atoms with E-state index in [4.69, 9.17) is 9.47 Å². The minimum absolute atomic E-state index is 0.145. The molecule has 0 aromatic heterocycles. The molecular weight excluding hydrogens is 267 g/mol. The van der Waals surface area contributed by atoms with Gasteiger partial charge in [-0.15, -0.1) is 0 Å². The molecule has 0 N–H and O–H groups in total. The Hall–Kier alpha value is -0.840. The third-order valence-corrected chi connectivity index (χ3v) is 2.92. The molecule has 2 atom stereocenters. The number of halogens is 2. The topological polar surface area (TPSA) is 35.5 Å². The molecule has 1 aliphatic carbocycles. The molecule has 0 aromatic carbocycles. The Morgan fingerprint density at radius 1 is 1.53 bits per heavy atom. The van der Waals surface area contributed by atoms with Gasteiger partial charge in [-0.25, -0.2) is 4.39 Å². The van der Waals surface area contributed by atoms with Gasteiger partial charge in [-0.1, -0.05) is 22.0 Å². The van der Waals surface area contributed by atoms with E-state index in [1.54, 1.807) is 6.08 Å². The molecule has 1 heterocycles. The van der Waals surface area contributed by atoms with Crippen molar-refractivity contribution < 1.29 is 18.7 Å². The van der Waals surface area contributed by atoms with Gasteiger partial charge in [0.2, 0.25) is 0 Å². The third kappa shape index (κ3) is 1.93. The first kappa shape index (κ1) is 10.7. The maximum absolute atomic E-state index is 13.9. The maximum atomic E-state index is 13.9. The van der Waals surface area contributed by atoms with Gasteiger partial charge in [0.15, 0.2) is 23.5 Å². The Kier molecular flexibility index (Phi) is 3.09. The molecule has 0 aromatic rings. The van der Waals surface area contributed by atoms with Gasteiger partial charge in [-0.3, -0.25) is 4.79 Å². The van der Waals surface area contributed by atoms with Crippen LogP contribution in [0.4, 0.5) is 4.39 Å². The van der Waals surface area contributed by atoms with Gasteiger partial charge in [0.25, 0.3) is 0 Å². The Bertz CT molecular complexity index is 338. The summed E-state index contributed by atoms with van der Waals surface area (Å²) in [6, 6.07) is 0. The molecule has 5 heteroatoms. The van der Waals surface area contributed by atoms with E-state index in [1.165, 1.54) is 6.08 Å². The normalized spacial score (nSPS) is 29.2. The number of hydrogen-bond donors (Lipinski definition) is 0. The van der Waals surface area contributed by atoms with Crippen LogP contribution in [0.3, 0.4) is 0 Å². The molecular formula is C10H10BrFO3. The van der Waals surface area contributed by atoms with Crippen LogP contribution >= 0.6 is 15.9 Å². The van der Waals surface area contributed by atoms with Crippen molar-refractivity contribution >= 4 is 21.7 Å². The van der Waals surface area contributed by atoms with Crippen molar-refractivity contribution in [1.29, 1.82) is 0 Å². The van der Waals surface area contributed by atoms with Crippen molar-refractivity contribution in [2.45, 2.75) is 6.17 Å². The van der Waals surface area contributed by atoms with Gasteiger partial charge >= 0.3 is 0 Å². The van der Waals surface area contributed by atoms with Gasteiger partial charge in [-0.2, -0.15) is 0 Å². The second-order valence-corrected chi connectivity index (χ2v) is 3.87. The van der Waals surface area contributed by atoms with Crippen LogP contribution in [0.25, 0.3) is 0 Å². The third-order valence-electron chi connectivity index (χ3n) is 2.37. The number of carbonyl (C=O) groups is 1. The van der Waals surface area contributed by atoms with E-state index in [9.17, 15) is 9.18 Å². The van der Waals surface area contributed by atoms with Crippen molar-refractivity contribution in [3.8, 4) is 0 Å². The molecule has 1 aliphatic heterocycles. The molecule has 0 radical (unpaired) electrons. The largest absolute Gasteiger partial charge is 0.487 e. The number of ether oxygens (including phenoxy) is 2. The van der Waals surface area contributed by atoms with Crippen molar-refractivity contribution in [2.75, 3.05) is 18.5 Å². The van der Waals surface area contributed by atoms with Crippen LogP contribution in [0.15, 0.2) is 23.7 Å². The molecule has 82 valence electrons. The van der Waals surface area contributed by atoms with Crippen molar-refractivity contribution in [1.82, 2.24) is 0 Å². The molecule has 2 unspecified atom stereocenters. The highest BCUT2D eigenvalue weighted by molar-refractivity contribution is 9.09. The molecule has 0 bridgehead atoms. The van der Waals surface area contributed by atoms with E-state index in [0.717, 1.165) is 0 Å². The molecule has 2 aliphatic rings. The van der Waals surface area contributed by atoms with Gasteiger partial charge in [0, 0.05) is 0 Å². The molecule has 0 spiro atoms. The predicted molar refractivity (Wildman–Crippen MR) is 55.3 cm³/mol. The van der Waals surface area contributed by atoms with E-state index in [-0.39, 0.29) is 16.9 Å². The van der Waals surface area contributed by atoms with Crippen molar-refractivity contribution in [3.05, 3.63) is 23.7 Å². The van der Waals surface area contributed by atoms with Crippen LogP contribution < -0.4 is 0 Å². The zero-order valence-corrected chi connectivity index (χ0v) is 9.50. The lowest BCUT2D eigenvalue weighted by Gasteiger charge is -2.28. The van der Waals surface area contributed by atoms with Crippen LogP contribution in [-0.4, -0.2) is 30.5 Å². The molecule has 0 saturated heterocycles. The van der Waals surface area contributed by atoms with Crippen LogP contribution in [0.1, 0.15) is 0 Å². The van der Waals surface area contributed by atoms with Gasteiger partial charge < -0.3 is 9.47 Å². The summed E-state index contributed by atoms with van der Waals surface area (Å²) in [4.78, 5) is 11.4. The average molecular weight is 277 g/mol. The summed E-state index contributed by atoms with van der Waals surface area (Å²) in [5.41, 5.74) is 0. The zero-order valence-electron chi connectivity index (χ0n) is 7.91. The Morgan fingerprint density at radius 3 is 3.00 bits per heavy atom. The molecule has 2 rings (SSSR count). The standard InChI is InChI=1S/C10H10BrFO3/c11-5-7(13)6-1-2-8-10(9(6)12)15-4-3-14-8/h1-2,6,9H,3-5H2. The highest BCUT2D eigenvalue weighted by atomic mass is 79.9. The Morgan fingerprint density at radius 2 is 2.27 bits per heavy atom. The second-order valence-electron chi connectivity index (χ2n) is 3.31. The first-order valence-electron chi connectivity index (χ1n) is 4.64. The number of carbonyl (C=O) groups excluding carboxylic acids is 1.